The highest BCUT2D eigenvalue weighted by molar-refractivity contribution is 7.91. The zero-order valence-electron chi connectivity index (χ0n) is 13.2. The van der Waals surface area contributed by atoms with E-state index in [1.165, 1.54) is 6.20 Å². The van der Waals surface area contributed by atoms with Gasteiger partial charge in [-0.25, -0.2) is 18.4 Å². The van der Waals surface area contributed by atoms with Crippen LogP contribution < -0.4 is 5.73 Å². The summed E-state index contributed by atoms with van der Waals surface area (Å²) in [5, 5.41) is 0. The number of sulfone groups is 1. The number of nitrogens with two attached hydrogens (primary N) is 1. The van der Waals surface area contributed by atoms with E-state index in [0.717, 1.165) is 11.1 Å². The predicted molar refractivity (Wildman–Crippen MR) is 95.0 cm³/mol. The molecule has 0 unspecified atom stereocenters. The first-order valence-electron chi connectivity index (χ1n) is 7.52. The second-order valence-electron chi connectivity index (χ2n) is 5.29. The van der Waals surface area contributed by atoms with Crippen LogP contribution in [0.15, 0.2) is 65.7 Å². The lowest BCUT2D eigenvalue weighted by Gasteiger charge is -2.10. The van der Waals surface area contributed by atoms with Crippen molar-refractivity contribution in [1.82, 2.24) is 9.97 Å². The molecule has 1 aromatic heterocycles. The zero-order chi connectivity index (χ0) is 17.2. The molecule has 0 spiro atoms. The molecular formula is C18H17N3O2S. The summed E-state index contributed by atoms with van der Waals surface area (Å²) in [5.41, 5.74) is 8.81. The van der Waals surface area contributed by atoms with Gasteiger partial charge in [0.05, 0.1) is 17.6 Å². The molecule has 3 aromatic rings. The van der Waals surface area contributed by atoms with Gasteiger partial charge in [-0.1, -0.05) is 61.5 Å². The van der Waals surface area contributed by atoms with Gasteiger partial charge in [0.1, 0.15) is 4.90 Å². The first-order chi connectivity index (χ1) is 11.5. The third-order valence-electron chi connectivity index (χ3n) is 3.75. The third-order valence-corrected chi connectivity index (χ3v) is 5.48. The Kier molecular flexibility index (Phi) is 4.31. The quantitative estimate of drug-likeness (QED) is 0.789. The average Bonchev–Trinajstić information content (AvgIpc) is 2.62. The van der Waals surface area contributed by atoms with Crippen molar-refractivity contribution in [3.63, 3.8) is 0 Å². The number of anilines is 1. The average molecular weight is 339 g/mol. The first kappa shape index (κ1) is 16.1. The van der Waals surface area contributed by atoms with E-state index in [2.05, 4.69) is 9.97 Å². The molecule has 0 saturated heterocycles. The lowest BCUT2D eigenvalue weighted by Crippen LogP contribution is -2.09. The molecule has 122 valence electrons. The molecule has 6 heteroatoms. The minimum absolute atomic E-state index is 0.0185. The van der Waals surface area contributed by atoms with Crippen molar-refractivity contribution in [3.8, 4) is 22.4 Å². The van der Waals surface area contributed by atoms with E-state index >= 15 is 0 Å². The number of hydrogen-bond acceptors (Lipinski definition) is 5. The predicted octanol–water partition coefficient (Wildman–Crippen LogP) is 3.19. The van der Waals surface area contributed by atoms with Crippen LogP contribution in [0.1, 0.15) is 6.92 Å². The summed E-state index contributed by atoms with van der Waals surface area (Å²) in [6.45, 7) is 1.59. The van der Waals surface area contributed by atoms with Crippen LogP contribution in [-0.2, 0) is 9.84 Å². The Labute approximate surface area is 141 Å². The zero-order valence-corrected chi connectivity index (χ0v) is 14.0. The molecule has 0 radical (unpaired) electrons. The summed E-state index contributed by atoms with van der Waals surface area (Å²) in [6.07, 6.45) is 1.28. The molecule has 24 heavy (non-hydrogen) atoms. The molecule has 2 N–H and O–H groups in total. The number of nitrogens with zero attached hydrogens (tertiary/aromatic N) is 2. The van der Waals surface area contributed by atoms with E-state index in [4.69, 9.17) is 5.73 Å². The second kappa shape index (κ2) is 6.41. The summed E-state index contributed by atoms with van der Waals surface area (Å²) < 4.78 is 24.5. The normalized spacial score (nSPS) is 11.4. The highest BCUT2D eigenvalue weighted by Gasteiger charge is 2.20. The number of aromatic nitrogens is 2. The summed E-state index contributed by atoms with van der Waals surface area (Å²) >= 11 is 0. The van der Waals surface area contributed by atoms with E-state index in [1.807, 2.05) is 54.6 Å². The lowest BCUT2D eigenvalue weighted by atomic mass is 10.0. The van der Waals surface area contributed by atoms with Crippen molar-refractivity contribution in [2.45, 2.75) is 11.8 Å². The SMILES string of the molecule is CCS(=O)(=O)c1cnc(N)nc1-c1ccc(-c2ccccc2)cc1. The van der Waals surface area contributed by atoms with Crippen LogP contribution in [0.3, 0.4) is 0 Å². The monoisotopic (exact) mass is 339 g/mol. The summed E-state index contributed by atoms with van der Waals surface area (Å²) in [5.74, 6) is 0.0298. The fraction of sp³-hybridized carbons (Fsp3) is 0.111. The molecule has 0 aliphatic carbocycles. The molecule has 1 heterocycles. The summed E-state index contributed by atoms with van der Waals surface area (Å²) in [7, 11) is -3.44. The maximum Gasteiger partial charge on any atom is 0.220 e. The third kappa shape index (κ3) is 3.14. The fourth-order valence-corrected chi connectivity index (χ4v) is 3.41. The molecule has 2 aromatic carbocycles. The summed E-state index contributed by atoms with van der Waals surface area (Å²) in [6, 6.07) is 17.5. The van der Waals surface area contributed by atoms with E-state index in [-0.39, 0.29) is 16.6 Å². The Balaban J connectivity index is 2.08. The van der Waals surface area contributed by atoms with E-state index in [1.54, 1.807) is 6.92 Å². The van der Waals surface area contributed by atoms with Crippen LogP contribution in [0.25, 0.3) is 22.4 Å². The Morgan fingerprint density at radius 3 is 2.12 bits per heavy atom. The minimum Gasteiger partial charge on any atom is -0.368 e. The minimum atomic E-state index is -3.44. The highest BCUT2D eigenvalue weighted by atomic mass is 32.2. The van der Waals surface area contributed by atoms with Gasteiger partial charge in [-0.2, -0.15) is 0 Å². The van der Waals surface area contributed by atoms with Crippen molar-refractivity contribution in [2.75, 3.05) is 11.5 Å². The molecule has 5 nitrogen and oxygen atoms in total. The van der Waals surface area contributed by atoms with Gasteiger partial charge in [-0.15, -0.1) is 0 Å². The van der Waals surface area contributed by atoms with Crippen LogP contribution in [0.4, 0.5) is 5.95 Å². The molecule has 0 saturated carbocycles. The van der Waals surface area contributed by atoms with Crippen LogP contribution >= 0.6 is 0 Å². The smallest absolute Gasteiger partial charge is 0.220 e. The summed E-state index contributed by atoms with van der Waals surface area (Å²) in [4.78, 5) is 8.08. The van der Waals surface area contributed by atoms with Gasteiger partial charge in [-0.3, -0.25) is 0 Å². The van der Waals surface area contributed by atoms with Crippen LogP contribution in [0, 0.1) is 0 Å². The Bertz CT molecular complexity index is 953. The molecular weight excluding hydrogens is 322 g/mol. The highest BCUT2D eigenvalue weighted by Crippen LogP contribution is 2.28. The standard InChI is InChI=1S/C18H17N3O2S/c1-2-24(22,23)16-12-20-18(19)21-17(16)15-10-8-14(9-11-15)13-6-4-3-5-7-13/h3-12H,2H2,1H3,(H2,19,20,21). The van der Waals surface area contributed by atoms with Gasteiger partial charge < -0.3 is 5.73 Å². The van der Waals surface area contributed by atoms with Gasteiger partial charge in [0.15, 0.2) is 9.84 Å². The van der Waals surface area contributed by atoms with Crippen LogP contribution in [-0.4, -0.2) is 24.1 Å². The maximum absolute atomic E-state index is 12.3. The van der Waals surface area contributed by atoms with Crippen LogP contribution in [0.2, 0.25) is 0 Å². The molecule has 0 aliphatic heterocycles. The Hall–Kier alpha value is -2.73. The topological polar surface area (TPSA) is 85.9 Å². The van der Waals surface area contributed by atoms with Crippen molar-refractivity contribution in [1.29, 1.82) is 0 Å². The number of rotatable bonds is 4. The van der Waals surface area contributed by atoms with Gasteiger partial charge in [0.2, 0.25) is 5.95 Å². The van der Waals surface area contributed by atoms with Crippen molar-refractivity contribution in [3.05, 3.63) is 60.8 Å². The van der Waals surface area contributed by atoms with Crippen molar-refractivity contribution >= 4 is 15.8 Å². The molecule has 3 rings (SSSR count). The molecule has 0 fully saturated rings. The molecule has 0 atom stereocenters. The van der Waals surface area contributed by atoms with E-state index < -0.39 is 9.84 Å². The van der Waals surface area contributed by atoms with Gasteiger partial charge >= 0.3 is 0 Å². The van der Waals surface area contributed by atoms with Gasteiger partial charge in [-0.05, 0) is 11.1 Å². The first-order valence-corrected chi connectivity index (χ1v) is 9.17. The Morgan fingerprint density at radius 1 is 0.917 bits per heavy atom. The second-order valence-corrected chi connectivity index (χ2v) is 7.53. The Morgan fingerprint density at radius 2 is 1.50 bits per heavy atom. The van der Waals surface area contributed by atoms with Gasteiger partial charge in [0.25, 0.3) is 0 Å². The van der Waals surface area contributed by atoms with Crippen molar-refractivity contribution < 1.29 is 8.42 Å². The number of hydrogen-bond donors (Lipinski definition) is 1. The van der Waals surface area contributed by atoms with E-state index in [9.17, 15) is 8.42 Å². The molecule has 0 bridgehead atoms. The largest absolute Gasteiger partial charge is 0.368 e. The van der Waals surface area contributed by atoms with Crippen LogP contribution in [0.5, 0.6) is 0 Å². The maximum atomic E-state index is 12.3. The van der Waals surface area contributed by atoms with Crippen molar-refractivity contribution in [2.24, 2.45) is 0 Å². The molecule has 0 aliphatic rings. The number of nitrogen functional groups attached to an aromatic ring is 1. The fourth-order valence-electron chi connectivity index (χ4n) is 2.43. The lowest BCUT2D eigenvalue weighted by molar-refractivity contribution is 0.597. The van der Waals surface area contributed by atoms with Gasteiger partial charge in [0, 0.05) is 5.56 Å². The number of benzene rings is 2. The molecule has 0 amide bonds. The van der Waals surface area contributed by atoms with E-state index in [0.29, 0.717) is 11.3 Å².